The SMILES string of the molecule is CCC(=C(\B1OC(C)(C)C(C)(C)O1)c1ccccc1)/C(CC)=C(\B1OC(C)(C)C(C)(C)O1)c1ccccc1. The zero-order valence-electron chi connectivity index (χ0n) is 25.0. The van der Waals surface area contributed by atoms with Crippen LogP contribution in [0, 0.1) is 0 Å². The van der Waals surface area contributed by atoms with E-state index in [1.807, 2.05) is 12.1 Å². The average Bonchev–Trinajstić information content (AvgIpc) is 3.20. The second-order valence-corrected chi connectivity index (χ2v) is 12.4. The number of rotatable bonds is 7. The zero-order valence-corrected chi connectivity index (χ0v) is 25.0. The highest BCUT2D eigenvalue weighted by Crippen LogP contribution is 2.46. The average molecular weight is 514 g/mol. The van der Waals surface area contributed by atoms with E-state index < -0.39 is 36.6 Å². The molecule has 0 bridgehead atoms. The van der Waals surface area contributed by atoms with Crippen LogP contribution in [0.1, 0.15) is 93.2 Å². The molecule has 0 radical (unpaired) electrons. The molecular formula is C32H44B2O4. The normalized spacial score (nSPS) is 22.8. The Morgan fingerprint density at radius 2 is 0.763 bits per heavy atom. The first-order valence-electron chi connectivity index (χ1n) is 14.0. The first-order chi connectivity index (χ1) is 17.7. The molecule has 38 heavy (non-hydrogen) atoms. The molecular weight excluding hydrogens is 470 g/mol. The Morgan fingerprint density at radius 1 is 0.500 bits per heavy atom. The summed E-state index contributed by atoms with van der Waals surface area (Å²) in [5, 5.41) is 0. The summed E-state index contributed by atoms with van der Waals surface area (Å²) in [4.78, 5) is 0. The second kappa shape index (κ2) is 10.5. The van der Waals surface area contributed by atoms with Gasteiger partial charge in [0.2, 0.25) is 0 Å². The maximum absolute atomic E-state index is 6.67. The van der Waals surface area contributed by atoms with Crippen LogP contribution in [0.3, 0.4) is 0 Å². The highest BCUT2D eigenvalue weighted by atomic mass is 16.7. The van der Waals surface area contributed by atoms with Crippen molar-refractivity contribution < 1.29 is 18.6 Å². The van der Waals surface area contributed by atoms with Gasteiger partial charge in [0.25, 0.3) is 0 Å². The van der Waals surface area contributed by atoms with Gasteiger partial charge in [-0.15, -0.1) is 0 Å². The minimum atomic E-state index is -0.491. The van der Waals surface area contributed by atoms with Gasteiger partial charge >= 0.3 is 14.2 Å². The minimum Gasteiger partial charge on any atom is -0.399 e. The molecule has 0 N–H and O–H groups in total. The molecule has 2 aliphatic rings. The predicted octanol–water partition coefficient (Wildman–Crippen LogP) is 7.98. The largest absolute Gasteiger partial charge is 0.495 e. The second-order valence-electron chi connectivity index (χ2n) is 12.4. The molecule has 2 aliphatic heterocycles. The van der Waals surface area contributed by atoms with Crippen molar-refractivity contribution >= 4 is 25.2 Å². The predicted molar refractivity (Wildman–Crippen MR) is 159 cm³/mol. The van der Waals surface area contributed by atoms with Crippen molar-refractivity contribution in [3.8, 4) is 0 Å². The van der Waals surface area contributed by atoms with Crippen LogP contribution in [0.15, 0.2) is 71.8 Å². The Morgan fingerprint density at radius 3 is 1.00 bits per heavy atom. The van der Waals surface area contributed by atoms with Gasteiger partial charge in [-0.1, -0.05) is 74.5 Å². The molecule has 2 aromatic rings. The van der Waals surface area contributed by atoms with E-state index in [-0.39, 0.29) is 0 Å². The molecule has 6 heteroatoms. The summed E-state index contributed by atoms with van der Waals surface area (Å²) >= 11 is 0. The summed E-state index contributed by atoms with van der Waals surface area (Å²) in [5.74, 6) is 0. The molecule has 0 atom stereocenters. The standard InChI is InChI=1S/C32H44B2O4/c1-11-25(27(23-19-15-13-16-20-23)33-35-29(3,4)30(5,6)36-33)26(12-2)28(24-21-17-14-18-22-24)34-37-31(7,8)32(9,10)38-34/h13-22H,11-12H2,1-10H3/b27-25-,28-26+. The van der Waals surface area contributed by atoms with Crippen LogP contribution < -0.4 is 0 Å². The molecule has 2 fully saturated rings. The van der Waals surface area contributed by atoms with E-state index in [1.165, 1.54) is 11.1 Å². The van der Waals surface area contributed by atoms with E-state index in [2.05, 4.69) is 118 Å². The number of benzene rings is 2. The third-order valence-electron chi connectivity index (χ3n) is 8.87. The van der Waals surface area contributed by atoms with Gasteiger partial charge < -0.3 is 18.6 Å². The molecule has 0 spiro atoms. The molecule has 4 nitrogen and oxygen atoms in total. The van der Waals surface area contributed by atoms with Crippen LogP contribution >= 0.6 is 0 Å². The van der Waals surface area contributed by atoms with Crippen LogP contribution in [0.25, 0.3) is 10.9 Å². The summed E-state index contributed by atoms with van der Waals surface area (Å²) in [6, 6.07) is 21.0. The first-order valence-corrected chi connectivity index (χ1v) is 14.0. The third-order valence-corrected chi connectivity index (χ3v) is 8.87. The van der Waals surface area contributed by atoms with Crippen LogP contribution in [-0.2, 0) is 18.6 Å². The fourth-order valence-corrected chi connectivity index (χ4v) is 5.20. The van der Waals surface area contributed by atoms with Crippen LogP contribution in [0.5, 0.6) is 0 Å². The quantitative estimate of drug-likeness (QED) is 0.277. The lowest BCUT2D eigenvalue weighted by molar-refractivity contribution is 0.00578. The molecule has 0 saturated carbocycles. The number of hydrogen-bond donors (Lipinski definition) is 0. The van der Waals surface area contributed by atoms with Crippen molar-refractivity contribution in [3.63, 3.8) is 0 Å². The lowest BCUT2D eigenvalue weighted by Crippen LogP contribution is -2.41. The van der Waals surface area contributed by atoms with Gasteiger partial charge in [0.15, 0.2) is 0 Å². The number of allylic oxidation sites excluding steroid dienone is 2. The van der Waals surface area contributed by atoms with Crippen molar-refractivity contribution in [1.82, 2.24) is 0 Å². The fraction of sp³-hybridized carbons (Fsp3) is 0.500. The van der Waals surface area contributed by atoms with Crippen molar-refractivity contribution in [2.75, 3.05) is 0 Å². The van der Waals surface area contributed by atoms with Crippen molar-refractivity contribution in [2.45, 2.75) is 104 Å². The monoisotopic (exact) mass is 514 g/mol. The number of hydrogen-bond acceptors (Lipinski definition) is 4. The van der Waals surface area contributed by atoms with Crippen LogP contribution in [0.4, 0.5) is 0 Å². The van der Waals surface area contributed by atoms with E-state index in [4.69, 9.17) is 18.6 Å². The highest BCUT2D eigenvalue weighted by molar-refractivity contribution is 6.71. The Hall–Kier alpha value is -2.11. The summed E-state index contributed by atoms with van der Waals surface area (Å²) in [6.45, 7) is 21.3. The smallest absolute Gasteiger partial charge is 0.399 e. The first kappa shape index (κ1) is 28.9. The van der Waals surface area contributed by atoms with Gasteiger partial charge in [-0.3, -0.25) is 0 Å². The Kier molecular flexibility index (Phi) is 7.95. The molecule has 202 valence electrons. The summed E-state index contributed by atoms with van der Waals surface area (Å²) in [6.07, 6.45) is 1.63. The molecule has 2 heterocycles. The molecule has 0 aliphatic carbocycles. The summed E-state index contributed by atoms with van der Waals surface area (Å²) < 4.78 is 26.7. The third kappa shape index (κ3) is 5.21. The molecule has 2 aromatic carbocycles. The minimum absolute atomic E-state index is 0.444. The van der Waals surface area contributed by atoms with E-state index in [1.54, 1.807) is 0 Å². The van der Waals surface area contributed by atoms with E-state index >= 15 is 0 Å². The zero-order chi connectivity index (χ0) is 27.9. The molecule has 4 rings (SSSR count). The van der Waals surface area contributed by atoms with Gasteiger partial charge in [0.05, 0.1) is 22.4 Å². The van der Waals surface area contributed by atoms with Gasteiger partial charge in [-0.05, 0) is 101 Å². The van der Waals surface area contributed by atoms with E-state index in [0.717, 1.165) is 34.9 Å². The van der Waals surface area contributed by atoms with E-state index in [9.17, 15) is 0 Å². The van der Waals surface area contributed by atoms with Crippen molar-refractivity contribution in [2.24, 2.45) is 0 Å². The molecule has 0 amide bonds. The highest BCUT2D eigenvalue weighted by Gasteiger charge is 2.55. The van der Waals surface area contributed by atoms with Crippen molar-refractivity contribution in [1.29, 1.82) is 0 Å². The van der Waals surface area contributed by atoms with Gasteiger partial charge in [0, 0.05) is 0 Å². The van der Waals surface area contributed by atoms with Gasteiger partial charge in [0.1, 0.15) is 0 Å². The van der Waals surface area contributed by atoms with Gasteiger partial charge in [-0.25, -0.2) is 0 Å². The summed E-state index contributed by atoms with van der Waals surface area (Å²) in [5.41, 5.74) is 5.02. The van der Waals surface area contributed by atoms with Gasteiger partial charge in [-0.2, -0.15) is 0 Å². The van der Waals surface area contributed by atoms with E-state index in [0.29, 0.717) is 0 Å². The molecule has 0 aromatic heterocycles. The topological polar surface area (TPSA) is 36.9 Å². The molecule has 2 saturated heterocycles. The lowest BCUT2D eigenvalue weighted by atomic mass is 9.64. The maximum atomic E-state index is 6.67. The summed E-state index contributed by atoms with van der Waals surface area (Å²) in [7, 11) is -0.983. The van der Waals surface area contributed by atoms with Crippen LogP contribution in [0.2, 0.25) is 0 Å². The molecule has 0 unspecified atom stereocenters. The fourth-order valence-electron chi connectivity index (χ4n) is 5.20. The Bertz CT molecular complexity index is 1070. The van der Waals surface area contributed by atoms with Crippen molar-refractivity contribution in [3.05, 3.63) is 82.9 Å². The Labute approximate surface area is 231 Å². The Balaban J connectivity index is 2.01. The lowest BCUT2D eigenvalue weighted by Gasteiger charge is -2.32. The maximum Gasteiger partial charge on any atom is 0.495 e. The van der Waals surface area contributed by atoms with Crippen LogP contribution in [-0.4, -0.2) is 36.6 Å².